The monoisotopic (exact) mass is 368 g/mol. The van der Waals surface area contributed by atoms with E-state index in [-0.39, 0.29) is 11.9 Å². The summed E-state index contributed by atoms with van der Waals surface area (Å²) in [4.78, 5) is 11.8. The van der Waals surface area contributed by atoms with Crippen LogP contribution in [0.4, 0.5) is 0 Å². The van der Waals surface area contributed by atoms with Crippen molar-refractivity contribution in [3.63, 3.8) is 0 Å². The van der Waals surface area contributed by atoms with Crippen molar-refractivity contribution >= 4 is 5.97 Å². The van der Waals surface area contributed by atoms with E-state index >= 15 is 0 Å². The maximum absolute atomic E-state index is 11.8. The van der Waals surface area contributed by atoms with Gasteiger partial charge in [0.2, 0.25) is 0 Å². The van der Waals surface area contributed by atoms with Gasteiger partial charge in [0.15, 0.2) is 0 Å². The summed E-state index contributed by atoms with van der Waals surface area (Å²) in [5.41, 5.74) is 0.960. The van der Waals surface area contributed by atoms with Crippen molar-refractivity contribution < 1.29 is 23.7 Å². The Kier molecular flexibility index (Phi) is 6.36. The zero-order valence-corrected chi connectivity index (χ0v) is 15.4. The van der Waals surface area contributed by atoms with Crippen LogP contribution in [0.25, 0.3) is 0 Å². The van der Waals surface area contributed by atoms with E-state index in [9.17, 15) is 4.79 Å². The highest BCUT2D eigenvalue weighted by molar-refractivity contribution is 5.69. The second-order valence-electron chi connectivity index (χ2n) is 6.19. The number of hydrogen-bond donors (Lipinski definition) is 0. The molecule has 5 heteroatoms. The molecule has 0 amide bonds. The lowest BCUT2D eigenvalue weighted by Gasteiger charge is -2.19. The summed E-state index contributed by atoms with van der Waals surface area (Å²) in [5, 5.41) is 0. The van der Waals surface area contributed by atoms with Crippen molar-refractivity contribution in [1.82, 2.24) is 0 Å². The molecule has 27 heavy (non-hydrogen) atoms. The fourth-order valence-corrected chi connectivity index (χ4v) is 2.95. The second kappa shape index (κ2) is 9.12. The molecule has 0 N–H and O–H groups in total. The topological polar surface area (TPSA) is 54.0 Å². The lowest BCUT2D eigenvalue weighted by Crippen LogP contribution is -2.26. The summed E-state index contributed by atoms with van der Waals surface area (Å²) in [6.45, 7) is 6.33. The van der Waals surface area contributed by atoms with E-state index in [2.05, 4.69) is 6.58 Å². The molecule has 5 nitrogen and oxygen atoms in total. The molecule has 0 saturated carbocycles. The van der Waals surface area contributed by atoms with E-state index in [1.54, 1.807) is 13.0 Å². The molecule has 0 fully saturated rings. The summed E-state index contributed by atoms with van der Waals surface area (Å²) >= 11 is 0. The Morgan fingerprint density at radius 1 is 1.15 bits per heavy atom. The molecule has 0 radical (unpaired) electrons. The van der Waals surface area contributed by atoms with Crippen molar-refractivity contribution in [2.75, 3.05) is 13.2 Å². The molecule has 2 atom stereocenters. The van der Waals surface area contributed by atoms with Crippen LogP contribution in [0.5, 0.6) is 17.2 Å². The Morgan fingerprint density at radius 2 is 1.96 bits per heavy atom. The van der Waals surface area contributed by atoms with Gasteiger partial charge in [-0.05, 0) is 36.8 Å². The molecule has 1 heterocycles. The molecule has 0 saturated heterocycles. The highest BCUT2D eigenvalue weighted by Gasteiger charge is 2.37. The molecule has 0 aliphatic carbocycles. The van der Waals surface area contributed by atoms with Gasteiger partial charge < -0.3 is 18.9 Å². The summed E-state index contributed by atoms with van der Waals surface area (Å²) < 4.78 is 22.8. The van der Waals surface area contributed by atoms with E-state index < -0.39 is 6.29 Å². The molecule has 2 aromatic rings. The van der Waals surface area contributed by atoms with Crippen LogP contribution in [-0.2, 0) is 9.53 Å². The maximum atomic E-state index is 11.8. The number of esters is 1. The molecule has 1 aliphatic heterocycles. The average molecular weight is 368 g/mol. The number of hydrogen-bond acceptors (Lipinski definition) is 5. The molecular formula is C22H24O5. The molecule has 0 unspecified atom stereocenters. The van der Waals surface area contributed by atoms with E-state index in [1.165, 1.54) is 0 Å². The molecule has 2 aromatic carbocycles. The van der Waals surface area contributed by atoms with E-state index in [0.717, 1.165) is 17.1 Å². The number of ether oxygens (including phenoxy) is 4. The highest BCUT2D eigenvalue weighted by atomic mass is 16.7. The summed E-state index contributed by atoms with van der Waals surface area (Å²) in [5.74, 6) is 1.84. The van der Waals surface area contributed by atoms with E-state index in [4.69, 9.17) is 18.9 Å². The zero-order chi connectivity index (χ0) is 19.1. The molecular weight excluding hydrogens is 344 g/mol. The summed E-state index contributed by atoms with van der Waals surface area (Å²) in [6, 6.07) is 15.2. The average Bonchev–Trinajstić information content (AvgIpc) is 3.03. The van der Waals surface area contributed by atoms with Gasteiger partial charge in [0.05, 0.1) is 12.5 Å². The Balaban J connectivity index is 1.73. The Hall–Kier alpha value is -2.95. The lowest BCUT2D eigenvalue weighted by atomic mass is 9.96. The van der Waals surface area contributed by atoms with Gasteiger partial charge in [-0.15, -0.1) is 0 Å². The van der Waals surface area contributed by atoms with Crippen molar-refractivity contribution in [2.24, 2.45) is 0 Å². The zero-order valence-electron chi connectivity index (χ0n) is 15.4. The molecule has 1 aliphatic rings. The van der Waals surface area contributed by atoms with Crippen LogP contribution in [0, 0.1) is 0 Å². The second-order valence-corrected chi connectivity index (χ2v) is 6.19. The van der Waals surface area contributed by atoms with Crippen molar-refractivity contribution in [3.8, 4) is 17.2 Å². The fraction of sp³-hybridized carbons (Fsp3) is 0.318. The minimum atomic E-state index is -0.651. The van der Waals surface area contributed by atoms with E-state index in [0.29, 0.717) is 31.8 Å². The minimum absolute atomic E-state index is 0.119. The van der Waals surface area contributed by atoms with Gasteiger partial charge in [0.25, 0.3) is 6.29 Å². The third kappa shape index (κ3) is 4.82. The molecule has 142 valence electrons. The number of rotatable bonds is 9. The maximum Gasteiger partial charge on any atom is 0.308 e. The van der Waals surface area contributed by atoms with Gasteiger partial charge in [0.1, 0.15) is 23.9 Å². The van der Waals surface area contributed by atoms with Gasteiger partial charge in [-0.25, -0.2) is 0 Å². The largest absolute Gasteiger partial charge is 0.494 e. The van der Waals surface area contributed by atoms with Gasteiger partial charge >= 0.3 is 5.97 Å². The van der Waals surface area contributed by atoms with Crippen LogP contribution in [0.1, 0.15) is 31.2 Å². The predicted octanol–water partition coefficient (Wildman–Crippen LogP) is 4.48. The van der Waals surface area contributed by atoms with Gasteiger partial charge in [-0.2, -0.15) is 0 Å². The number of benzene rings is 2. The number of fused-ring (bicyclic) bond motifs is 1. The van der Waals surface area contributed by atoms with Crippen LogP contribution >= 0.6 is 0 Å². The van der Waals surface area contributed by atoms with Crippen LogP contribution in [0.3, 0.4) is 0 Å². The van der Waals surface area contributed by atoms with Gasteiger partial charge in [-0.1, -0.05) is 37.8 Å². The van der Waals surface area contributed by atoms with Crippen LogP contribution in [0.15, 0.2) is 61.2 Å². The van der Waals surface area contributed by atoms with Crippen molar-refractivity contribution in [3.05, 3.63) is 66.7 Å². The smallest absolute Gasteiger partial charge is 0.308 e. The van der Waals surface area contributed by atoms with Gasteiger partial charge in [-0.3, -0.25) is 4.79 Å². The first kappa shape index (κ1) is 18.8. The molecule has 0 bridgehead atoms. The molecule has 0 spiro atoms. The quantitative estimate of drug-likeness (QED) is 0.483. The first-order chi connectivity index (χ1) is 13.2. The summed E-state index contributed by atoms with van der Waals surface area (Å²) in [7, 11) is 0. The number of carbonyl (C=O) groups is 1. The standard InChI is InChI=1S/C22H24O5/c1-3-13-24-17-10-11-20-19(15-17)18(22(26-20)27-21(23)4-2)12-14-25-16-8-6-5-7-9-16/h3,5-11,15,18,22H,1,4,12-14H2,2H3/t18-,22+/m0/s1. The minimum Gasteiger partial charge on any atom is -0.494 e. The van der Waals surface area contributed by atoms with Crippen molar-refractivity contribution in [1.29, 1.82) is 0 Å². The van der Waals surface area contributed by atoms with Crippen molar-refractivity contribution in [2.45, 2.75) is 32.0 Å². The summed E-state index contributed by atoms with van der Waals surface area (Å²) in [6.07, 6.45) is 1.99. The lowest BCUT2D eigenvalue weighted by molar-refractivity contribution is -0.164. The van der Waals surface area contributed by atoms with Gasteiger partial charge in [0, 0.05) is 12.0 Å². The third-order valence-electron chi connectivity index (χ3n) is 4.30. The fourth-order valence-electron chi connectivity index (χ4n) is 2.95. The number of para-hydroxylation sites is 1. The SMILES string of the molecule is C=CCOc1ccc2c(c1)[C@H](CCOc1ccccc1)[C@@H](OC(=O)CC)O2. The third-order valence-corrected chi connectivity index (χ3v) is 4.30. The number of carbonyl (C=O) groups excluding carboxylic acids is 1. The first-order valence-corrected chi connectivity index (χ1v) is 9.13. The first-order valence-electron chi connectivity index (χ1n) is 9.13. The normalized spacial score (nSPS) is 17.5. The Morgan fingerprint density at radius 3 is 2.70 bits per heavy atom. The Labute approximate surface area is 159 Å². The highest BCUT2D eigenvalue weighted by Crippen LogP contribution is 2.42. The molecule has 3 rings (SSSR count). The van der Waals surface area contributed by atoms with E-state index in [1.807, 2.05) is 48.5 Å². The van der Waals surface area contributed by atoms with Crippen LogP contribution in [0.2, 0.25) is 0 Å². The van der Waals surface area contributed by atoms with Crippen LogP contribution < -0.4 is 14.2 Å². The molecule has 0 aromatic heterocycles. The predicted molar refractivity (Wildman–Crippen MR) is 102 cm³/mol. The Bertz CT molecular complexity index is 772. The van der Waals surface area contributed by atoms with Crippen LogP contribution in [-0.4, -0.2) is 25.5 Å².